The Hall–Kier alpha value is -5.93. The molecule has 64 heavy (non-hydrogen) atoms. The lowest BCUT2D eigenvalue weighted by molar-refractivity contribution is -0.158. The van der Waals surface area contributed by atoms with Crippen LogP contribution in [0.25, 0.3) is 10.9 Å². The number of ether oxygens (including phenoxy) is 6. The number of benzene rings is 3. The van der Waals surface area contributed by atoms with Crippen LogP contribution in [0.4, 0.5) is 4.79 Å². The van der Waals surface area contributed by atoms with Gasteiger partial charge in [0.05, 0.1) is 36.2 Å². The first-order chi connectivity index (χ1) is 30.8. The smallest absolute Gasteiger partial charge is 0.407 e. The monoisotopic (exact) mass is 890 g/mol. The van der Waals surface area contributed by atoms with Crippen LogP contribution in [0.1, 0.15) is 74.5 Å². The number of fused-ring (bicyclic) bond motifs is 11. The zero-order valence-corrected chi connectivity index (χ0v) is 37.3. The Kier molecular flexibility index (Phi) is 10.3. The first-order valence-electron chi connectivity index (χ1n) is 21.4. The minimum Gasteiger partial charge on any atom is -0.504 e. The average Bonchev–Trinajstić information content (AvgIpc) is 3.90. The van der Waals surface area contributed by atoms with Crippen molar-refractivity contribution in [3.8, 4) is 34.8 Å². The summed E-state index contributed by atoms with van der Waals surface area (Å²) in [6, 6.07) is 7.42. The summed E-state index contributed by atoms with van der Waals surface area (Å²) in [5.41, 5.74) is 6.22. The van der Waals surface area contributed by atoms with Gasteiger partial charge in [-0.05, 0) is 69.5 Å². The highest BCUT2D eigenvalue weighted by molar-refractivity contribution is 7.99. The molecule has 1 aromatic heterocycles. The third kappa shape index (κ3) is 6.17. The van der Waals surface area contributed by atoms with E-state index in [0.29, 0.717) is 63.8 Å². The van der Waals surface area contributed by atoms with Crippen LogP contribution in [0.15, 0.2) is 36.9 Å². The molecule has 8 heterocycles. The topological polar surface area (TPSA) is 197 Å². The summed E-state index contributed by atoms with van der Waals surface area (Å²) in [5, 5.41) is 30.4. The average molecular weight is 891 g/mol. The Morgan fingerprint density at radius 2 is 1.92 bits per heavy atom. The number of hydrogen-bond donors (Lipinski definition) is 4. The maximum atomic E-state index is 15.4. The first kappa shape index (κ1) is 42.0. The zero-order chi connectivity index (χ0) is 44.9. The van der Waals surface area contributed by atoms with Crippen molar-refractivity contribution in [2.24, 2.45) is 0 Å². The molecule has 2 saturated heterocycles. The van der Waals surface area contributed by atoms with Crippen LogP contribution in [0, 0.1) is 32.1 Å². The fourth-order valence-corrected chi connectivity index (χ4v) is 13.1. The summed E-state index contributed by atoms with van der Waals surface area (Å²) in [6.07, 6.45) is 1.81. The van der Waals surface area contributed by atoms with E-state index in [9.17, 15) is 20.0 Å². The molecule has 4 N–H and O–H groups in total. The number of aryl methyl sites for hydroxylation is 2. The number of aromatic hydroxyl groups is 1. The van der Waals surface area contributed by atoms with Gasteiger partial charge in [0, 0.05) is 70.5 Å². The van der Waals surface area contributed by atoms with Crippen molar-refractivity contribution in [1.82, 2.24) is 25.4 Å². The molecule has 334 valence electrons. The molecule has 1 spiro atoms. The minimum absolute atomic E-state index is 0.0280. The van der Waals surface area contributed by atoms with Gasteiger partial charge in [0.25, 0.3) is 0 Å². The Morgan fingerprint density at radius 1 is 1.12 bits per heavy atom. The molecule has 16 nitrogen and oxygen atoms in total. The summed E-state index contributed by atoms with van der Waals surface area (Å²) in [5.74, 6) is 0.584. The molecule has 0 aliphatic carbocycles. The molecule has 7 aliphatic heterocycles. The number of phenolic OH excluding ortho intramolecular Hbond substituents is 1. The quantitative estimate of drug-likeness (QED) is 0.110. The van der Waals surface area contributed by atoms with E-state index in [1.807, 2.05) is 46.0 Å². The molecule has 17 heteroatoms. The van der Waals surface area contributed by atoms with E-state index in [0.717, 1.165) is 33.2 Å². The van der Waals surface area contributed by atoms with E-state index in [2.05, 4.69) is 44.1 Å². The number of nitriles is 1. The molecular weight excluding hydrogens is 841 g/mol. The summed E-state index contributed by atoms with van der Waals surface area (Å²) < 4.78 is 36.3. The Morgan fingerprint density at radius 3 is 2.67 bits per heavy atom. The highest BCUT2D eigenvalue weighted by atomic mass is 32.2. The third-order valence-electron chi connectivity index (χ3n) is 14.0. The Balaban J connectivity index is 1.21. The summed E-state index contributed by atoms with van der Waals surface area (Å²) >= 11 is 1.47. The summed E-state index contributed by atoms with van der Waals surface area (Å²) in [4.78, 5) is 49.3. The molecule has 2 fully saturated rings. The molecule has 0 saturated carbocycles. The van der Waals surface area contributed by atoms with Crippen molar-refractivity contribution >= 4 is 40.7 Å². The van der Waals surface area contributed by atoms with Gasteiger partial charge in [-0.15, -0.1) is 11.8 Å². The number of hydrogen-bond acceptors (Lipinski definition) is 15. The van der Waals surface area contributed by atoms with Crippen molar-refractivity contribution in [3.63, 3.8) is 0 Å². The Bertz CT molecular complexity index is 2710. The highest BCUT2D eigenvalue weighted by Gasteiger charge is 2.62. The van der Waals surface area contributed by atoms with E-state index in [1.165, 1.54) is 31.9 Å². The van der Waals surface area contributed by atoms with Gasteiger partial charge in [-0.3, -0.25) is 19.9 Å². The molecule has 1 amide bonds. The van der Waals surface area contributed by atoms with E-state index in [-0.39, 0.29) is 44.1 Å². The van der Waals surface area contributed by atoms with E-state index in [1.54, 1.807) is 0 Å². The zero-order valence-electron chi connectivity index (χ0n) is 36.5. The summed E-state index contributed by atoms with van der Waals surface area (Å²) in [7, 11) is 3.52. The van der Waals surface area contributed by atoms with Crippen LogP contribution < -0.4 is 29.6 Å². The lowest BCUT2D eigenvalue weighted by atomic mass is 9.71. The number of likely N-dealkylation sites (N-methyl/N-ethyl adjacent to an activating group) is 1. The van der Waals surface area contributed by atoms with Crippen molar-refractivity contribution in [1.29, 1.82) is 5.26 Å². The number of carbonyl (C=O) groups is 3. The second kappa shape index (κ2) is 15.7. The van der Waals surface area contributed by atoms with Gasteiger partial charge in [-0.2, -0.15) is 5.26 Å². The fourth-order valence-electron chi connectivity index (χ4n) is 11.4. The molecule has 8 atom stereocenters. The van der Waals surface area contributed by atoms with Crippen LogP contribution in [0.5, 0.6) is 28.7 Å². The number of thioether (sulfide) groups is 1. The molecule has 3 aromatic carbocycles. The number of amides is 1. The number of phenols is 1. The number of nitrogens with one attached hydrogen (secondary N) is 3. The predicted octanol–water partition coefficient (Wildman–Crippen LogP) is 5.34. The number of aromatic nitrogens is 1. The van der Waals surface area contributed by atoms with Gasteiger partial charge in [-0.25, -0.2) is 9.59 Å². The number of piperazine rings is 1. The second-order valence-electron chi connectivity index (χ2n) is 17.6. The number of aromatic amines is 1. The lowest BCUT2D eigenvalue weighted by Crippen LogP contribution is -2.69. The highest BCUT2D eigenvalue weighted by Crippen LogP contribution is 2.64. The van der Waals surface area contributed by atoms with Crippen LogP contribution in [0.3, 0.4) is 0 Å². The first-order valence-corrected chi connectivity index (χ1v) is 22.5. The van der Waals surface area contributed by atoms with Crippen molar-refractivity contribution < 1.29 is 47.9 Å². The van der Waals surface area contributed by atoms with Crippen LogP contribution in [-0.2, 0) is 37.4 Å². The maximum Gasteiger partial charge on any atom is 0.407 e. The standard InChI is InChI=1S/C47H50N6O10S/c1-8-11-59-46(57)49-17-26-15-28-27-12-21(2)9-10-29(27)50-44(28)47(51-26)19-64-43-35-34(42-41(61-20-62-42)23(4)40(35)63-24(5)54)32(18-60-45(47)56)53-31(16-48)30-14-25-13-22(3)39(58-7)38(55)33(25)36(37(43)53)52(30)6/h8-10,12-13,26,30-32,36-37,43,50-51,55H,1,11,14-15,17-20H2,2-7H3,(H,49,57)/t26-,30-,31-,32-,36+,37+,43+,47+/m0/s1. The molecule has 0 radical (unpaired) electrons. The van der Waals surface area contributed by atoms with E-state index >= 15 is 4.79 Å². The second-order valence-corrected chi connectivity index (χ2v) is 18.7. The molecular formula is C47H50N6O10S. The SMILES string of the molecule is C=CCOC(=O)NC[C@@H]1Cc2c([nH]c3ccc(C)cc23)[C@@]2(CS[C@@H]3c4c(OC(C)=O)c(C)c5c(c4[C@H](COC2=O)N2[C@@H]3[C@H]3c4c(cc(C)c(OC)c4O)C[C@@H]([C@@H]2C#N)N3C)OCO5)N1. The number of methoxy groups -OCH3 is 1. The van der Waals surface area contributed by atoms with Crippen molar-refractivity contribution in [2.45, 2.75) is 87.6 Å². The number of rotatable bonds is 6. The summed E-state index contributed by atoms with van der Waals surface area (Å²) in [6.45, 7) is 10.6. The maximum absolute atomic E-state index is 15.4. The van der Waals surface area contributed by atoms with Gasteiger partial charge in [0.1, 0.15) is 25.0 Å². The van der Waals surface area contributed by atoms with Gasteiger partial charge >= 0.3 is 18.0 Å². The van der Waals surface area contributed by atoms with E-state index < -0.39 is 59.0 Å². The van der Waals surface area contributed by atoms with Gasteiger partial charge < -0.3 is 43.8 Å². The van der Waals surface area contributed by atoms with Crippen molar-refractivity contribution in [2.75, 3.05) is 46.5 Å². The fraction of sp³-hybridized carbons (Fsp3) is 0.447. The van der Waals surface area contributed by atoms with Gasteiger partial charge in [-0.1, -0.05) is 30.4 Å². The van der Waals surface area contributed by atoms with Crippen LogP contribution >= 0.6 is 11.8 Å². The van der Waals surface area contributed by atoms with Crippen LogP contribution in [0.2, 0.25) is 0 Å². The number of alkyl carbamates (subject to hydrolysis) is 1. The molecule has 11 rings (SSSR count). The number of esters is 2. The lowest BCUT2D eigenvalue weighted by Gasteiger charge is -2.62. The third-order valence-corrected chi connectivity index (χ3v) is 15.4. The van der Waals surface area contributed by atoms with Gasteiger partial charge in [0.15, 0.2) is 28.5 Å². The number of H-pyrrole nitrogens is 1. The molecule has 7 aliphatic rings. The predicted molar refractivity (Wildman–Crippen MR) is 235 cm³/mol. The van der Waals surface area contributed by atoms with Crippen LogP contribution in [-0.4, -0.2) is 109 Å². The molecule has 4 aromatic rings. The Labute approximate surface area is 374 Å². The van der Waals surface area contributed by atoms with Gasteiger partial charge in [0.2, 0.25) is 6.79 Å². The van der Waals surface area contributed by atoms with Crippen molar-refractivity contribution in [3.05, 3.63) is 87.1 Å². The normalized spacial score (nSPS) is 27.6. The molecule has 0 unspecified atom stereocenters. The minimum atomic E-state index is -1.50. The van der Waals surface area contributed by atoms with E-state index in [4.69, 9.17) is 28.4 Å². The molecule has 4 bridgehead atoms. The largest absolute Gasteiger partial charge is 0.504 e. The number of nitrogens with zero attached hydrogens (tertiary/aromatic N) is 3. The number of carbonyl (C=O) groups excluding carboxylic acids is 3.